The van der Waals surface area contributed by atoms with Crippen molar-refractivity contribution in [2.75, 3.05) is 5.32 Å². The second-order valence-electron chi connectivity index (χ2n) is 6.85. The maximum absolute atomic E-state index is 13.0. The summed E-state index contributed by atoms with van der Waals surface area (Å²) in [5.41, 5.74) is 10.2. The monoisotopic (exact) mass is 416 g/mol. The number of hydrazine groups is 1. The molecule has 0 bridgehead atoms. The van der Waals surface area contributed by atoms with Crippen LogP contribution in [0.1, 0.15) is 21.5 Å². The molecule has 7 heteroatoms. The molecule has 2 aromatic carbocycles. The summed E-state index contributed by atoms with van der Waals surface area (Å²) < 4.78 is 5.45. The number of benzene rings is 2. The largest absolute Gasteiger partial charge is 0.463 e. The Balaban J connectivity index is 1.55. The van der Waals surface area contributed by atoms with Crippen molar-refractivity contribution in [3.05, 3.63) is 83.6 Å². The molecule has 0 radical (unpaired) electrons. The SMILES string of the molecule is Cc1cccc(C)c1NC(=S)NNC(=O)c1cc(-c2ccco2)nc2ccccc12. The number of fused-ring (bicyclic) bond motifs is 1. The molecule has 0 aliphatic carbocycles. The fourth-order valence-corrected chi connectivity index (χ4v) is 3.40. The summed E-state index contributed by atoms with van der Waals surface area (Å²) >= 11 is 5.35. The zero-order valence-corrected chi connectivity index (χ0v) is 17.3. The molecule has 150 valence electrons. The Labute approximate surface area is 179 Å². The zero-order valence-electron chi connectivity index (χ0n) is 16.5. The van der Waals surface area contributed by atoms with Crippen molar-refractivity contribution in [3.63, 3.8) is 0 Å². The number of thiocarbonyl (C=S) groups is 1. The van der Waals surface area contributed by atoms with Gasteiger partial charge in [0.2, 0.25) is 0 Å². The molecule has 0 spiro atoms. The Hall–Kier alpha value is -3.71. The molecule has 2 heterocycles. The van der Waals surface area contributed by atoms with Gasteiger partial charge in [-0.1, -0.05) is 36.4 Å². The van der Waals surface area contributed by atoms with E-state index in [0.29, 0.717) is 27.6 Å². The third-order valence-corrected chi connectivity index (χ3v) is 4.95. The number of aromatic nitrogens is 1. The molecule has 4 rings (SSSR count). The standard InChI is InChI=1S/C23H20N4O2S/c1-14-7-5-8-15(2)21(14)25-23(30)27-26-22(28)17-13-19(20-11-6-12-29-20)24-18-10-4-3-9-16(17)18/h3-13H,1-2H3,(H,26,28)(H2,25,27,30). The van der Waals surface area contributed by atoms with Crippen LogP contribution in [0.2, 0.25) is 0 Å². The lowest BCUT2D eigenvalue weighted by Crippen LogP contribution is -2.44. The molecule has 0 saturated carbocycles. The molecule has 6 nitrogen and oxygen atoms in total. The number of rotatable bonds is 3. The highest BCUT2D eigenvalue weighted by molar-refractivity contribution is 7.80. The highest BCUT2D eigenvalue weighted by atomic mass is 32.1. The summed E-state index contributed by atoms with van der Waals surface area (Å²) in [7, 11) is 0. The average molecular weight is 417 g/mol. The van der Waals surface area contributed by atoms with Crippen LogP contribution < -0.4 is 16.2 Å². The molecule has 1 amide bonds. The third kappa shape index (κ3) is 4.01. The van der Waals surface area contributed by atoms with E-state index < -0.39 is 0 Å². The Bertz CT molecular complexity index is 1220. The first kappa shape index (κ1) is 19.6. The van der Waals surface area contributed by atoms with Gasteiger partial charge in [-0.3, -0.25) is 15.6 Å². The molecule has 2 aromatic heterocycles. The van der Waals surface area contributed by atoms with Crippen LogP contribution in [0, 0.1) is 13.8 Å². The number of carbonyl (C=O) groups is 1. The van der Waals surface area contributed by atoms with Crippen LogP contribution in [0.25, 0.3) is 22.4 Å². The molecule has 30 heavy (non-hydrogen) atoms. The smallest absolute Gasteiger partial charge is 0.270 e. The molecule has 0 aliphatic rings. The van der Waals surface area contributed by atoms with Crippen LogP contribution >= 0.6 is 12.2 Å². The Morgan fingerprint density at radius 2 is 1.73 bits per heavy atom. The van der Waals surface area contributed by atoms with Gasteiger partial charge in [0.1, 0.15) is 5.69 Å². The van der Waals surface area contributed by atoms with Crippen molar-refractivity contribution in [1.82, 2.24) is 15.8 Å². The number of nitrogens with one attached hydrogen (secondary N) is 3. The number of anilines is 1. The fourth-order valence-electron chi connectivity index (χ4n) is 3.25. The Morgan fingerprint density at radius 3 is 2.47 bits per heavy atom. The van der Waals surface area contributed by atoms with Crippen LogP contribution in [-0.4, -0.2) is 16.0 Å². The first-order valence-electron chi connectivity index (χ1n) is 9.40. The second-order valence-corrected chi connectivity index (χ2v) is 7.26. The van der Waals surface area contributed by atoms with Gasteiger partial charge in [-0.2, -0.15) is 0 Å². The van der Waals surface area contributed by atoms with E-state index in [9.17, 15) is 4.79 Å². The number of aryl methyl sites for hydroxylation is 2. The lowest BCUT2D eigenvalue weighted by Gasteiger charge is -2.16. The number of carbonyl (C=O) groups excluding carboxylic acids is 1. The lowest BCUT2D eigenvalue weighted by atomic mass is 10.1. The van der Waals surface area contributed by atoms with Crippen LogP contribution in [0.15, 0.2) is 71.3 Å². The predicted molar refractivity (Wildman–Crippen MR) is 122 cm³/mol. The van der Waals surface area contributed by atoms with Gasteiger partial charge in [0, 0.05) is 11.1 Å². The van der Waals surface area contributed by atoms with E-state index in [-0.39, 0.29) is 5.91 Å². The number of hydrogen-bond donors (Lipinski definition) is 3. The van der Waals surface area contributed by atoms with Crippen LogP contribution in [-0.2, 0) is 0 Å². The maximum atomic E-state index is 13.0. The van der Waals surface area contributed by atoms with E-state index in [1.807, 2.05) is 56.3 Å². The van der Waals surface area contributed by atoms with Crippen LogP contribution in [0.4, 0.5) is 5.69 Å². The quantitative estimate of drug-likeness (QED) is 0.331. The first-order valence-corrected chi connectivity index (χ1v) is 9.81. The van der Waals surface area contributed by atoms with Gasteiger partial charge in [-0.05, 0) is 61.5 Å². The topological polar surface area (TPSA) is 79.2 Å². The number of para-hydroxylation sites is 2. The van der Waals surface area contributed by atoms with E-state index in [1.165, 1.54) is 0 Å². The van der Waals surface area contributed by atoms with Crippen molar-refractivity contribution in [3.8, 4) is 11.5 Å². The van der Waals surface area contributed by atoms with Gasteiger partial charge in [-0.15, -0.1) is 0 Å². The molecule has 0 atom stereocenters. The van der Waals surface area contributed by atoms with E-state index in [4.69, 9.17) is 16.6 Å². The highest BCUT2D eigenvalue weighted by Gasteiger charge is 2.15. The van der Waals surface area contributed by atoms with Crippen molar-refractivity contribution in [1.29, 1.82) is 0 Å². The molecule has 0 unspecified atom stereocenters. The number of pyridine rings is 1. The molecule has 4 aromatic rings. The summed E-state index contributed by atoms with van der Waals surface area (Å²) in [5, 5.41) is 4.17. The molecule has 0 aliphatic heterocycles. The summed E-state index contributed by atoms with van der Waals surface area (Å²) in [6, 6.07) is 18.7. The maximum Gasteiger partial charge on any atom is 0.270 e. The fraction of sp³-hybridized carbons (Fsp3) is 0.0870. The van der Waals surface area contributed by atoms with Crippen LogP contribution in [0.3, 0.4) is 0 Å². The first-order chi connectivity index (χ1) is 14.5. The van der Waals surface area contributed by atoms with Gasteiger partial charge in [0.05, 0.1) is 17.3 Å². The minimum Gasteiger partial charge on any atom is -0.463 e. The van der Waals surface area contributed by atoms with Gasteiger partial charge in [0.25, 0.3) is 5.91 Å². The van der Waals surface area contributed by atoms with E-state index in [2.05, 4.69) is 21.2 Å². The van der Waals surface area contributed by atoms with Crippen molar-refractivity contribution in [2.45, 2.75) is 13.8 Å². The van der Waals surface area contributed by atoms with E-state index >= 15 is 0 Å². The molecule has 0 fully saturated rings. The summed E-state index contributed by atoms with van der Waals surface area (Å²) in [6.07, 6.45) is 1.57. The Kier molecular flexibility index (Phi) is 5.45. The summed E-state index contributed by atoms with van der Waals surface area (Å²) in [5.74, 6) is 0.266. The number of hydrogen-bond acceptors (Lipinski definition) is 4. The van der Waals surface area contributed by atoms with Crippen LogP contribution in [0.5, 0.6) is 0 Å². The highest BCUT2D eigenvalue weighted by Crippen LogP contribution is 2.25. The molecular weight excluding hydrogens is 396 g/mol. The van der Waals surface area contributed by atoms with E-state index in [0.717, 1.165) is 22.2 Å². The van der Waals surface area contributed by atoms with Crippen molar-refractivity contribution in [2.24, 2.45) is 0 Å². The van der Waals surface area contributed by atoms with Gasteiger partial charge < -0.3 is 9.73 Å². The second kappa shape index (κ2) is 8.34. The zero-order chi connectivity index (χ0) is 21.1. The molecule has 3 N–H and O–H groups in total. The third-order valence-electron chi connectivity index (χ3n) is 4.74. The summed E-state index contributed by atoms with van der Waals surface area (Å²) in [6.45, 7) is 3.99. The van der Waals surface area contributed by atoms with Crippen molar-refractivity contribution < 1.29 is 9.21 Å². The minimum absolute atomic E-state index is 0.297. The Morgan fingerprint density at radius 1 is 0.967 bits per heavy atom. The number of amides is 1. The average Bonchev–Trinajstić information content (AvgIpc) is 3.29. The van der Waals surface area contributed by atoms with Gasteiger partial charge in [0.15, 0.2) is 10.9 Å². The number of nitrogens with zero attached hydrogens (tertiary/aromatic N) is 1. The van der Waals surface area contributed by atoms with Gasteiger partial charge in [-0.25, -0.2) is 4.98 Å². The lowest BCUT2D eigenvalue weighted by molar-refractivity contribution is 0.0946. The predicted octanol–water partition coefficient (Wildman–Crippen LogP) is 4.74. The molecule has 0 saturated heterocycles. The number of furan rings is 1. The van der Waals surface area contributed by atoms with Crippen molar-refractivity contribution >= 4 is 39.8 Å². The van der Waals surface area contributed by atoms with Gasteiger partial charge >= 0.3 is 0 Å². The summed E-state index contributed by atoms with van der Waals surface area (Å²) in [4.78, 5) is 17.6. The normalized spacial score (nSPS) is 10.6. The van der Waals surface area contributed by atoms with E-state index in [1.54, 1.807) is 24.5 Å². The minimum atomic E-state index is -0.327. The molecular formula is C23H20N4O2S.